The van der Waals surface area contributed by atoms with Gasteiger partial charge in [0.1, 0.15) is 0 Å². The first-order valence-electron chi connectivity index (χ1n) is 2.76. The number of ether oxygens (including phenoxy) is 1. The van der Waals surface area contributed by atoms with Crippen molar-refractivity contribution >= 4 is 11.6 Å². The SMILES string of the molecule is CC(C)(C)OCCCl. The van der Waals surface area contributed by atoms with Crippen molar-refractivity contribution in [3.05, 3.63) is 0 Å². The standard InChI is InChI=1S/C6H13ClO/c1-6(2,3)8-5-4-7/h4-5H2,1-3H3. The average Bonchev–Trinajstić information content (AvgIpc) is 1.59. The van der Waals surface area contributed by atoms with Gasteiger partial charge in [-0.15, -0.1) is 11.6 Å². The number of hydrogen-bond donors (Lipinski definition) is 0. The van der Waals surface area contributed by atoms with Crippen LogP contribution < -0.4 is 0 Å². The molecular weight excluding hydrogens is 124 g/mol. The van der Waals surface area contributed by atoms with E-state index >= 15 is 0 Å². The van der Waals surface area contributed by atoms with Gasteiger partial charge in [0.05, 0.1) is 12.2 Å². The zero-order valence-corrected chi connectivity index (χ0v) is 6.46. The molecule has 50 valence electrons. The maximum atomic E-state index is 5.38. The van der Waals surface area contributed by atoms with Crippen molar-refractivity contribution in [2.75, 3.05) is 12.5 Å². The van der Waals surface area contributed by atoms with E-state index in [1.165, 1.54) is 0 Å². The lowest BCUT2D eigenvalue weighted by atomic mass is 10.2. The summed E-state index contributed by atoms with van der Waals surface area (Å²) in [5.41, 5.74) is -0.0328. The summed E-state index contributed by atoms with van der Waals surface area (Å²) in [7, 11) is 0. The molecule has 0 unspecified atom stereocenters. The van der Waals surface area contributed by atoms with Gasteiger partial charge in [0.2, 0.25) is 0 Å². The Morgan fingerprint density at radius 3 is 2.00 bits per heavy atom. The summed E-state index contributed by atoms with van der Waals surface area (Å²) in [5, 5.41) is 0. The summed E-state index contributed by atoms with van der Waals surface area (Å²) in [4.78, 5) is 0. The normalized spacial score (nSPS) is 12.0. The van der Waals surface area contributed by atoms with Crippen molar-refractivity contribution in [1.29, 1.82) is 0 Å². The smallest absolute Gasteiger partial charge is 0.0608 e. The van der Waals surface area contributed by atoms with Crippen LogP contribution in [0.25, 0.3) is 0 Å². The Balaban J connectivity index is 3.11. The van der Waals surface area contributed by atoms with Gasteiger partial charge >= 0.3 is 0 Å². The van der Waals surface area contributed by atoms with E-state index in [0.717, 1.165) is 0 Å². The minimum atomic E-state index is -0.0328. The molecule has 8 heavy (non-hydrogen) atoms. The van der Waals surface area contributed by atoms with Gasteiger partial charge in [0, 0.05) is 5.88 Å². The molecule has 0 radical (unpaired) electrons. The van der Waals surface area contributed by atoms with Crippen molar-refractivity contribution < 1.29 is 4.74 Å². The lowest BCUT2D eigenvalue weighted by Crippen LogP contribution is -2.20. The molecule has 0 saturated heterocycles. The molecular formula is C6H13ClO. The van der Waals surface area contributed by atoms with Gasteiger partial charge in [-0.05, 0) is 20.8 Å². The Labute approximate surface area is 56.0 Å². The highest BCUT2D eigenvalue weighted by Crippen LogP contribution is 2.05. The van der Waals surface area contributed by atoms with Crippen LogP contribution in [0, 0.1) is 0 Å². The highest BCUT2D eigenvalue weighted by Gasteiger charge is 2.07. The molecule has 0 atom stereocenters. The quantitative estimate of drug-likeness (QED) is 0.528. The van der Waals surface area contributed by atoms with Gasteiger partial charge in [-0.3, -0.25) is 0 Å². The molecule has 0 heterocycles. The van der Waals surface area contributed by atoms with E-state index in [1.54, 1.807) is 0 Å². The molecule has 0 aliphatic carbocycles. The third-order valence-electron chi connectivity index (χ3n) is 0.612. The Morgan fingerprint density at radius 2 is 1.88 bits per heavy atom. The van der Waals surface area contributed by atoms with Crippen molar-refractivity contribution in [2.45, 2.75) is 26.4 Å². The first kappa shape index (κ1) is 8.25. The van der Waals surface area contributed by atoms with Gasteiger partial charge in [-0.1, -0.05) is 0 Å². The summed E-state index contributed by atoms with van der Waals surface area (Å²) in [6.45, 7) is 6.68. The summed E-state index contributed by atoms with van der Waals surface area (Å²) in [5.74, 6) is 0.581. The zero-order valence-electron chi connectivity index (χ0n) is 5.70. The van der Waals surface area contributed by atoms with Gasteiger partial charge in [-0.2, -0.15) is 0 Å². The average molecular weight is 137 g/mol. The highest BCUT2D eigenvalue weighted by molar-refractivity contribution is 6.17. The Bertz CT molecular complexity index is 56.0. The van der Waals surface area contributed by atoms with Crippen LogP contribution >= 0.6 is 11.6 Å². The van der Waals surface area contributed by atoms with Crippen LogP contribution in [0.1, 0.15) is 20.8 Å². The number of alkyl halides is 1. The molecule has 0 rings (SSSR count). The van der Waals surface area contributed by atoms with E-state index in [-0.39, 0.29) is 5.60 Å². The Morgan fingerprint density at radius 1 is 1.38 bits per heavy atom. The predicted molar refractivity (Wildman–Crippen MR) is 36.4 cm³/mol. The molecule has 0 aromatic carbocycles. The molecule has 0 aromatic heterocycles. The largest absolute Gasteiger partial charge is 0.375 e. The summed E-state index contributed by atoms with van der Waals surface area (Å²) >= 11 is 5.38. The number of hydrogen-bond acceptors (Lipinski definition) is 1. The molecule has 0 aliphatic rings. The van der Waals surface area contributed by atoms with Crippen molar-refractivity contribution in [3.8, 4) is 0 Å². The van der Waals surface area contributed by atoms with Gasteiger partial charge in [0.25, 0.3) is 0 Å². The number of rotatable bonds is 2. The molecule has 0 bridgehead atoms. The van der Waals surface area contributed by atoms with Gasteiger partial charge < -0.3 is 4.74 Å². The van der Waals surface area contributed by atoms with Crippen molar-refractivity contribution in [3.63, 3.8) is 0 Å². The lowest BCUT2D eigenvalue weighted by molar-refractivity contribution is 0.00649. The molecule has 0 aliphatic heterocycles. The summed E-state index contributed by atoms with van der Waals surface area (Å²) < 4.78 is 5.25. The second kappa shape index (κ2) is 3.31. The van der Waals surface area contributed by atoms with Crippen LogP contribution in [-0.2, 0) is 4.74 Å². The molecule has 0 spiro atoms. The van der Waals surface area contributed by atoms with Crippen LogP contribution in [-0.4, -0.2) is 18.1 Å². The minimum absolute atomic E-state index is 0.0328. The molecule has 0 fully saturated rings. The van der Waals surface area contributed by atoms with Crippen LogP contribution in [0.4, 0.5) is 0 Å². The second-order valence-electron chi connectivity index (χ2n) is 2.65. The van der Waals surface area contributed by atoms with Crippen LogP contribution in [0.2, 0.25) is 0 Å². The van der Waals surface area contributed by atoms with Crippen LogP contribution in [0.3, 0.4) is 0 Å². The summed E-state index contributed by atoms with van der Waals surface area (Å²) in [6, 6.07) is 0. The van der Waals surface area contributed by atoms with E-state index in [0.29, 0.717) is 12.5 Å². The minimum Gasteiger partial charge on any atom is -0.375 e. The predicted octanol–water partition coefficient (Wildman–Crippen LogP) is 2.04. The first-order valence-corrected chi connectivity index (χ1v) is 3.29. The highest BCUT2D eigenvalue weighted by atomic mass is 35.5. The monoisotopic (exact) mass is 136 g/mol. The Kier molecular flexibility index (Phi) is 3.41. The third kappa shape index (κ3) is 6.25. The third-order valence-corrected chi connectivity index (χ3v) is 0.767. The van der Waals surface area contributed by atoms with Crippen LogP contribution in [0.5, 0.6) is 0 Å². The van der Waals surface area contributed by atoms with E-state index in [1.807, 2.05) is 20.8 Å². The number of halogens is 1. The van der Waals surface area contributed by atoms with E-state index in [4.69, 9.17) is 16.3 Å². The molecule has 2 heteroatoms. The molecule has 0 aromatic rings. The molecule has 1 nitrogen and oxygen atoms in total. The topological polar surface area (TPSA) is 9.23 Å². The Hall–Kier alpha value is 0.250. The van der Waals surface area contributed by atoms with Crippen molar-refractivity contribution in [2.24, 2.45) is 0 Å². The molecule has 0 saturated carbocycles. The van der Waals surface area contributed by atoms with Crippen molar-refractivity contribution in [1.82, 2.24) is 0 Å². The van der Waals surface area contributed by atoms with E-state index < -0.39 is 0 Å². The maximum Gasteiger partial charge on any atom is 0.0608 e. The first-order chi connectivity index (χ1) is 3.56. The van der Waals surface area contributed by atoms with E-state index in [2.05, 4.69) is 0 Å². The lowest BCUT2D eigenvalue weighted by Gasteiger charge is -2.17. The van der Waals surface area contributed by atoms with Crippen LogP contribution in [0.15, 0.2) is 0 Å². The molecule has 0 N–H and O–H groups in total. The van der Waals surface area contributed by atoms with Gasteiger partial charge in [-0.25, -0.2) is 0 Å². The fourth-order valence-electron chi connectivity index (χ4n) is 0.345. The fourth-order valence-corrected chi connectivity index (χ4v) is 0.422. The maximum absolute atomic E-state index is 5.38. The zero-order chi connectivity index (χ0) is 6.62. The summed E-state index contributed by atoms with van der Waals surface area (Å²) in [6.07, 6.45) is 0. The van der Waals surface area contributed by atoms with E-state index in [9.17, 15) is 0 Å². The van der Waals surface area contributed by atoms with Gasteiger partial charge in [0.15, 0.2) is 0 Å². The molecule has 0 amide bonds. The fraction of sp³-hybridized carbons (Fsp3) is 1.00. The second-order valence-corrected chi connectivity index (χ2v) is 3.03.